The van der Waals surface area contributed by atoms with E-state index < -0.39 is 24.3 Å². The molecule has 0 radical (unpaired) electrons. The monoisotopic (exact) mass is 456 g/mol. The van der Waals surface area contributed by atoms with Gasteiger partial charge in [0, 0.05) is 32.7 Å². The number of nitrogens with one attached hydrogen (secondary N) is 1. The first-order valence-corrected chi connectivity index (χ1v) is 9.24. The molecule has 31 heavy (non-hydrogen) atoms. The zero-order valence-electron chi connectivity index (χ0n) is 16.3. The average Bonchev–Trinajstić information content (AvgIpc) is 2.54. The summed E-state index contributed by atoms with van der Waals surface area (Å²) in [7, 11) is 0. The van der Waals surface area contributed by atoms with Crippen molar-refractivity contribution in [2.45, 2.75) is 31.7 Å². The highest BCUT2D eigenvalue weighted by Crippen LogP contribution is 2.60. The molecular formula is C19H22F6N2O4. The average molecular weight is 456 g/mol. The summed E-state index contributed by atoms with van der Waals surface area (Å²) < 4.78 is 63.5. The minimum Gasteiger partial charge on any atom is -0.475 e. The van der Waals surface area contributed by atoms with Crippen LogP contribution >= 0.6 is 0 Å². The third-order valence-electron chi connectivity index (χ3n) is 5.35. The van der Waals surface area contributed by atoms with E-state index in [9.17, 15) is 26.3 Å². The van der Waals surface area contributed by atoms with Crippen molar-refractivity contribution < 1.29 is 46.1 Å². The van der Waals surface area contributed by atoms with Crippen LogP contribution in [-0.4, -0.2) is 65.6 Å². The van der Waals surface area contributed by atoms with Crippen LogP contribution in [0.2, 0.25) is 0 Å². The molecule has 174 valence electrons. The second-order valence-corrected chi connectivity index (χ2v) is 8.19. The Bertz CT molecular complexity index is 738. The lowest BCUT2D eigenvalue weighted by Gasteiger charge is -2.67. The number of nitrogens with zero attached hydrogens (tertiary/aromatic N) is 1. The van der Waals surface area contributed by atoms with Crippen molar-refractivity contribution >= 4 is 11.9 Å². The Hall–Kier alpha value is -2.34. The zero-order chi connectivity index (χ0) is 23.5. The predicted molar refractivity (Wildman–Crippen MR) is 96.1 cm³/mol. The highest BCUT2D eigenvalue weighted by atomic mass is 19.4. The van der Waals surface area contributed by atoms with Gasteiger partial charge < -0.3 is 15.5 Å². The Morgan fingerprint density at radius 2 is 1.29 bits per heavy atom. The van der Waals surface area contributed by atoms with Gasteiger partial charge in [0.15, 0.2) is 0 Å². The van der Waals surface area contributed by atoms with Gasteiger partial charge in [0.25, 0.3) is 0 Å². The summed E-state index contributed by atoms with van der Waals surface area (Å²) in [6.45, 7) is 6.39. The number of rotatable bonds is 2. The van der Waals surface area contributed by atoms with E-state index in [2.05, 4.69) is 40.5 Å². The summed E-state index contributed by atoms with van der Waals surface area (Å²) in [4.78, 5) is 20.4. The molecule has 3 N–H and O–H groups in total. The summed E-state index contributed by atoms with van der Waals surface area (Å²) >= 11 is 0. The molecule has 0 aromatic heterocycles. The van der Waals surface area contributed by atoms with Crippen LogP contribution in [0.4, 0.5) is 26.3 Å². The van der Waals surface area contributed by atoms with E-state index in [1.807, 2.05) is 0 Å². The van der Waals surface area contributed by atoms with E-state index in [1.165, 1.54) is 44.6 Å². The molecule has 3 aliphatic rings. The van der Waals surface area contributed by atoms with Gasteiger partial charge in [-0.05, 0) is 29.2 Å². The van der Waals surface area contributed by atoms with Gasteiger partial charge >= 0.3 is 24.3 Å². The van der Waals surface area contributed by atoms with E-state index >= 15 is 0 Å². The van der Waals surface area contributed by atoms with Gasteiger partial charge in [-0.2, -0.15) is 26.3 Å². The van der Waals surface area contributed by atoms with E-state index in [0.717, 1.165) is 17.4 Å². The van der Waals surface area contributed by atoms with Gasteiger partial charge in [0.1, 0.15) is 0 Å². The van der Waals surface area contributed by atoms with E-state index in [-0.39, 0.29) is 0 Å². The van der Waals surface area contributed by atoms with E-state index in [4.69, 9.17) is 19.8 Å². The summed E-state index contributed by atoms with van der Waals surface area (Å²) in [5.41, 5.74) is 2.91. The van der Waals surface area contributed by atoms with Crippen LogP contribution in [0.25, 0.3) is 0 Å². The fourth-order valence-electron chi connectivity index (χ4n) is 4.35. The van der Waals surface area contributed by atoms with E-state index in [1.54, 1.807) is 0 Å². The molecule has 1 aromatic carbocycles. The van der Waals surface area contributed by atoms with Crippen molar-refractivity contribution in [1.29, 1.82) is 0 Å². The van der Waals surface area contributed by atoms with Gasteiger partial charge in [0.2, 0.25) is 0 Å². The number of aliphatic carboxylic acids is 2. The summed E-state index contributed by atoms with van der Waals surface area (Å²) in [6, 6.07) is 10.9. The zero-order valence-corrected chi connectivity index (χ0v) is 16.3. The maximum Gasteiger partial charge on any atom is 0.490 e. The maximum absolute atomic E-state index is 10.6. The van der Waals surface area contributed by atoms with Gasteiger partial charge in [-0.1, -0.05) is 30.3 Å². The van der Waals surface area contributed by atoms with Gasteiger partial charge in [0.05, 0.1) is 0 Å². The number of hydrogen-bond donors (Lipinski definition) is 3. The van der Waals surface area contributed by atoms with Crippen LogP contribution in [0.1, 0.15) is 18.4 Å². The first-order chi connectivity index (χ1) is 14.2. The van der Waals surface area contributed by atoms with Crippen LogP contribution in [0.5, 0.6) is 0 Å². The molecule has 0 bridgehead atoms. The van der Waals surface area contributed by atoms with Crippen molar-refractivity contribution in [2.75, 3.05) is 26.2 Å². The summed E-state index contributed by atoms with van der Waals surface area (Å²) in [6.07, 6.45) is -7.20. The molecule has 0 atom stereocenters. The predicted octanol–water partition coefficient (Wildman–Crippen LogP) is 3.14. The SMILES string of the molecule is O=C(O)C(F)(F)F.O=C(O)C(F)(F)F.c1ccc(CN2CC3(C2)CC2(CNC2)C3)cc1. The number of halogens is 6. The van der Waals surface area contributed by atoms with Crippen LogP contribution < -0.4 is 5.32 Å². The fourth-order valence-corrected chi connectivity index (χ4v) is 4.35. The first kappa shape index (κ1) is 24.9. The molecule has 2 heterocycles. The molecule has 2 saturated heterocycles. The second kappa shape index (κ2) is 9.03. The molecule has 1 aromatic rings. The lowest BCUT2D eigenvalue weighted by atomic mass is 9.47. The molecule has 4 rings (SSSR count). The first-order valence-electron chi connectivity index (χ1n) is 9.24. The molecular weight excluding hydrogens is 434 g/mol. The third-order valence-corrected chi connectivity index (χ3v) is 5.35. The number of carboxylic acid groups (broad SMARTS) is 2. The molecule has 1 saturated carbocycles. The van der Waals surface area contributed by atoms with Crippen LogP contribution in [0.3, 0.4) is 0 Å². The van der Waals surface area contributed by atoms with Gasteiger partial charge in [-0.25, -0.2) is 9.59 Å². The molecule has 1 aliphatic carbocycles. The molecule has 0 unspecified atom stereocenters. The number of likely N-dealkylation sites (tertiary alicyclic amines) is 1. The quantitative estimate of drug-likeness (QED) is 0.593. The lowest BCUT2D eigenvalue weighted by molar-refractivity contribution is -0.193. The Morgan fingerprint density at radius 3 is 1.61 bits per heavy atom. The van der Waals surface area contributed by atoms with Crippen molar-refractivity contribution in [3.05, 3.63) is 35.9 Å². The number of hydrogen-bond acceptors (Lipinski definition) is 4. The number of carboxylic acids is 2. The Kier molecular flexibility index (Phi) is 7.26. The second-order valence-electron chi connectivity index (χ2n) is 8.19. The highest BCUT2D eigenvalue weighted by Gasteiger charge is 2.61. The Balaban J connectivity index is 0.000000206. The Morgan fingerprint density at radius 1 is 0.871 bits per heavy atom. The minimum absolute atomic E-state index is 0.719. The van der Waals surface area contributed by atoms with Crippen molar-refractivity contribution in [1.82, 2.24) is 10.2 Å². The molecule has 0 amide bonds. The van der Waals surface area contributed by atoms with Crippen LogP contribution in [0.15, 0.2) is 30.3 Å². The van der Waals surface area contributed by atoms with Crippen molar-refractivity contribution in [2.24, 2.45) is 10.8 Å². The smallest absolute Gasteiger partial charge is 0.475 e. The van der Waals surface area contributed by atoms with E-state index in [0.29, 0.717) is 0 Å². The summed E-state index contributed by atoms with van der Waals surface area (Å²) in [5.74, 6) is -5.51. The van der Waals surface area contributed by atoms with Crippen molar-refractivity contribution in [3.63, 3.8) is 0 Å². The molecule has 2 spiro atoms. The number of carbonyl (C=O) groups is 2. The van der Waals surface area contributed by atoms with Gasteiger partial charge in [-0.15, -0.1) is 0 Å². The molecule has 3 fully saturated rings. The number of benzene rings is 1. The van der Waals surface area contributed by atoms with Crippen LogP contribution in [-0.2, 0) is 16.1 Å². The van der Waals surface area contributed by atoms with Gasteiger partial charge in [-0.3, -0.25) is 4.90 Å². The molecule has 6 nitrogen and oxygen atoms in total. The highest BCUT2D eigenvalue weighted by molar-refractivity contribution is 5.73. The lowest BCUT2D eigenvalue weighted by Crippen LogP contribution is -2.72. The minimum atomic E-state index is -5.08. The third kappa shape index (κ3) is 6.82. The fraction of sp³-hybridized carbons (Fsp3) is 0.579. The largest absolute Gasteiger partial charge is 0.490 e. The van der Waals surface area contributed by atoms with Crippen LogP contribution in [0, 0.1) is 10.8 Å². The standard InChI is InChI=1S/C15H20N2.2C2HF3O2/c1-2-4-13(5-3-1)6-17-11-15(12-17)7-14(8-15)9-16-10-14;2*3-2(4,5)1(6)7/h1-5,16H,6-12H2;2*(H,6,7). The topological polar surface area (TPSA) is 89.9 Å². The number of alkyl halides is 6. The molecule has 2 aliphatic heterocycles. The molecule has 12 heteroatoms. The Labute approximate surface area is 173 Å². The summed E-state index contributed by atoms with van der Waals surface area (Å²) in [5, 5.41) is 17.7. The normalized spacial score (nSPS) is 20.7. The van der Waals surface area contributed by atoms with Crippen molar-refractivity contribution in [3.8, 4) is 0 Å². The maximum atomic E-state index is 10.6.